The second kappa shape index (κ2) is 8.75. The van der Waals surface area contributed by atoms with E-state index in [0.29, 0.717) is 5.82 Å². The number of pyridine rings is 1. The van der Waals surface area contributed by atoms with Crippen molar-refractivity contribution in [2.45, 2.75) is 58.9 Å². The number of aromatic nitrogens is 8. The van der Waals surface area contributed by atoms with E-state index in [1.807, 2.05) is 12.3 Å². The first-order valence-electron chi connectivity index (χ1n) is 10.7. The van der Waals surface area contributed by atoms with Gasteiger partial charge in [-0.3, -0.25) is 4.98 Å². The zero-order chi connectivity index (χ0) is 21.8. The van der Waals surface area contributed by atoms with Crippen LogP contribution in [-0.2, 0) is 18.4 Å². The molecular formula is C23H28N8. The quantitative estimate of drug-likeness (QED) is 0.485. The third kappa shape index (κ3) is 4.68. The van der Waals surface area contributed by atoms with Crippen LogP contribution in [0.5, 0.6) is 0 Å². The fourth-order valence-corrected chi connectivity index (χ4v) is 3.40. The molecule has 0 aliphatic rings. The van der Waals surface area contributed by atoms with Gasteiger partial charge in [-0.05, 0) is 34.0 Å². The molecule has 0 aliphatic carbocycles. The molecule has 31 heavy (non-hydrogen) atoms. The molecule has 1 aromatic carbocycles. The third-order valence-corrected chi connectivity index (χ3v) is 5.19. The highest BCUT2D eigenvalue weighted by molar-refractivity contribution is 5.79. The minimum Gasteiger partial charge on any atom is -0.264 e. The maximum absolute atomic E-state index is 4.87. The summed E-state index contributed by atoms with van der Waals surface area (Å²) >= 11 is 0. The molecule has 0 radical (unpaired) electrons. The van der Waals surface area contributed by atoms with Crippen LogP contribution in [0, 0.1) is 0 Å². The van der Waals surface area contributed by atoms with Crippen LogP contribution in [0.25, 0.3) is 22.5 Å². The van der Waals surface area contributed by atoms with E-state index in [0.717, 1.165) is 54.1 Å². The second-order valence-electron chi connectivity index (χ2n) is 8.72. The van der Waals surface area contributed by atoms with Gasteiger partial charge in [0.2, 0.25) is 0 Å². The van der Waals surface area contributed by atoms with Gasteiger partial charge in [-0.15, -0.1) is 5.10 Å². The van der Waals surface area contributed by atoms with Crippen molar-refractivity contribution in [3.63, 3.8) is 0 Å². The lowest BCUT2D eigenvalue weighted by Gasteiger charge is -2.12. The van der Waals surface area contributed by atoms with Crippen molar-refractivity contribution in [2.24, 2.45) is 0 Å². The first-order valence-corrected chi connectivity index (χ1v) is 10.7. The van der Waals surface area contributed by atoms with Gasteiger partial charge in [-0.25, -0.2) is 14.8 Å². The van der Waals surface area contributed by atoms with Crippen LogP contribution in [0.15, 0.2) is 42.7 Å². The van der Waals surface area contributed by atoms with Gasteiger partial charge in [-0.1, -0.05) is 58.4 Å². The summed E-state index contributed by atoms with van der Waals surface area (Å²) in [6.07, 6.45) is 6.56. The molecule has 0 bridgehead atoms. The summed E-state index contributed by atoms with van der Waals surface area (Å²) in [5, 5.41) is 19.0. The van der Waals surface area contributed by atoms with Crippen LogP contribution in [0.1, 0.15) is 57.7 Å². The van der Waals surface area contributed by atoms with E-state index in [-0.39, 0.29) is 5.41 Å². The van der Waals surface area contributed by atoms with Gasteiger partial charge in [0, 0.05) is 41.9 Å². The highest BCUT2D eigenvalue weighted by atomic mass is 15.5. The average Bonchev–Trinajstić information content (AvgIpc) is 3.43. The lowest BCUT2D eigenvalue weighted by molar-refractivity contribution is 0.509. The highest BCUT2D eigenvalue weighted by Crippen LogP contribution is 2.29. The fourth-order valence-electron chi connectivity index (χ4n) is 3.40. The van der Waals surface area contributed by atoms with Crippen molar-refractivity contribution >= 4 is 0 Å². The average molecular weight is 417 g/mol. The van der Waals surface area contributed by atoms with Crippen molar-refractivity contribution in [1.29, 1.82) is 0 Å². The van der Waals surface area contributed by atoms with Gasteiger partial charge >= 0.3 is 0 Å². The lowest BCUT2D eigenvalue weighted by atomic mass is 9.96. The lowest BCUT2D eigenvalue weighted by Crippen LogP contribution is -2.14. The Bertz CT molecular complexity index is 1120. The standard InChI is InChI=1S/C23H28N8/c1-5-6-13-31-20(25-22(28-31)23(2,3)4)14-16-7-9-17(10-8-16)19-15-24-12-11-18(19)21-26-29-30-27-21/h7-12,15H,5-6,13-14H2,1-4H3,(H,26,27,29,30). The van der Waals surface area contributed by atoms with Crippen molar-refractivity contribution in [3.8, 4) is 22.5 Å². The van der Waals surface area contributed by atoms with Crippen molar-refractivity contribution in [1.82, 2.24) is 40.4 Å². The molecule has 4 rings (SSSR count). The topological polar surface area (TPSA) is 98.1 Å². The maximum Gasteiger partial charge on any atom is 0.180 e. The number of rotatable bonds is 7. The summed E-state index contributed by atoms with van der Waals surface area (Å²) in [5.74, 6) is 2.54. The Labute approximate surface area is 182 Å². The van der Waals surface area contributed by atoms with Crippen LogP contribution < -0.4 is 0 Å². The van der Waals surface area contributed by atoms with Gasteiger partial charge in [0.15, 0.2) is 11.6 Å². The minimum atomic E-state index is -0.0671. The highest BCUT2D eigenvalue weighted by Gasteiger charge is 2.22. The van der Waals surface area contributed by atoms with E-state index in [2.05, 4.69) is 82.3 Å². The number of benzene rings is 1. The zero-order valence-corrected chi connectivity index (χ0v) is 18.5. The molecular weight excluding hydrogens is 388 g/mol. The Kier molecular flexibility index (Phi) is 5.88. The first-order chi connectivity index (χ1) is 15.0. The van der Waals surface area contributed by atoms with Gasteiger partial charge in [0.05, 0.1) is 0 Å². The normalized spacial score (nSPS) is 11.7. The molecule has 4 aromatic rings. The molecule has 0 saturated carbocycles. The van der Waals surface area contributed by atoms with Crippen LogP contribution in [0.2, 0.25) is 0 Å². The second-order valence-corrected chi connectivity index (χ2v) is 8.72. The Balaban J connectivity index is 1.60. The number of H-pyrrole nitrogens is 1. The van der Waals surface area contributed by atoms with Gasteiger partial charge in [0.25, 0.3) is 0 Å². The third-order valence-electron chi connectivity index (χ3n) is 5.19. The summed E-state index contributed by atoms with van der Waals surface area (Å²) in [4.78, 5) is 9.16. The summed E-state index contributed by atoms with van der Waals surface area (Å²) in [6.45, 7) is 9.56. The monoisotopic (exact) mass is 416 g/mol. The SMILES string of the molecule is CCCCn1nc(C(C)(C)C)nc1Cc1ccc(-c2cnccc2-c2nnn[nH]2)cc1. The zero-order valence-electron chi connectivity index (χ0n) is 18.5. The molecule has 160 valence electrons. The number of hydrogen-bond donors (Lipinski definition) is 1. The predicted octanol–water partition coefficient (Wildman–Crippen LogP) is 4.21. The molecule has 0 fully saturated rings. The smallest absolute Gasteiger partial charge is 0.180 e. The number of aromatic amines is 1. The molecule has 1 N–H and O–H groups in total. The number of tetrazole rings is 1. The van der Waals surface area contributed by atoms with Gasteiger partial charge in [0.1, 0.15) is 5.82 Å². The first kappa shape index (κ1) is 20.8. The molecule has 0 aliphatic heterocycles. The van der Waals surface area contributed by atoms with E-state index in [1.54, 1.807) is 6.20 Å². The van der Waals surface area contributed by atoms with Crippen molar-refractivity contribution in [3.05, 3.63) is 59.9 Å². The number of nitrogens with one attached hydrogen (secondary N) is 1. The molecule has 0 amide bonds. The van der Waals surface area contributed by atoms with Crippen LogP contribution >= 0.6 is 0 Å². The van der Waals surface area contributed by atoms with Gasteiger partial charge < -0.3 is 0 Å². The fraction of sp³-hybridized carbons (Fsp3) is 0.391. The van der Waals surface area contributed by atoms with Crippen LogP contribution in [-0.4, -0.2) is 40.4 Å². The summed E-state index contributed by atoms with van der Waals surface area (Å²) in [5.41, 5.74) is 4.09. The molecule has 0 unspecified atom stereocenters. The summed E-state index contributed by atoms with van der Waals surface area (Å²) in [6, 6.07) is 10.4. The number of hydrogen-bond acceptors (Lipinski definition) is 6. The molecule has 0 saturated heterocycles. The summed E-state index contributed by atoms with van der Waals surface area (Å²) < 4.78 is 2.08. The maximum atomic E-state index is 4.87. The Morgan fingerprint density at radius 2 is 1.84 bits per heavy atom. The number of unbranched alkanes of at least 4 members (excludes halogenated alkanes) is 1. The Hall–Kier alpha value is -3.42. The predicted molar refractivity (Wildman–Crippen MR) is 119 cm³/mol. The van der Waals surface area contributed by atoms with E-state index < -0.39 is 0 Å². The molecule has 3 aromatic heterocycles. The number of nitrogens with zero attached hydrogens (tertiary/aromatic N) is 7. The Morgan fingerprint density at radius 1 is 1.03 bits per heavy atom. The van der Waals surface area contributed by atoms with Crippen molar-refractivity contribution in [2.75, 3.05) is 0 Å². The molecule has 8 heteroatoms. The Morgan fingerprint density at radius 3 is 2.52 bits per heavy atom. The minimum absolute atomic E-state index is 0.0671. The van der Waals surface area contributed by atoms with E-state index in [4.69, 9.17) is 10.1 Å². The van der Waals surface area contributed by atoms with Crippen LogP contribution in [0.4, 0.5) is 0 Å². The van der Waals surface area contributed by atoms with E-state index >= 15 is 0 Å². The molecule has 0 atom stereocenters. The number of aryl methyl sites for hydroxylation is 1. The summed E-state index contributed by atoms with van der Waals surface area (Å²) in [7, 11) is 0. The van der Waals surface area contributed by atoms with Crippen molar-refractivity contribution < 1.29 is 0 Å². The largest absolute Gasteiger partial charge is 0.264 e. The molecule has 0 spiro atoms. The van der Waals surface area contributed by atoms with Crippen LogP contribution in [0.3, 0.4) is 0 Å². The van der Waals surface area contributed by atoms with Gasteiger partial charge in [-0.2, -0.15) is 5.10 Å². The van der Waals surface area contributed by atoms with E-state index in [1.165, 1.54) is 5.56 Å². The molecule has 3 heterocycles. The van der Waals surface area contributed by atoms with E-state index in [9.17, 15) is 0 Å². The molecule has 8 nitrogen and oxygen atoms in total.